The van der Waals surface area contributed by atoms with Crippen LogP contribution in [0.2, 0.25) is 0 Å². The number of rotatable bonds is 5. The Bertz CT molecular complexity index is 620. The Hall–Kier alpha value is -1.66. The Kier molecular flexibility index (Phi) is 6.71. The third kappa shape index (κ3) is 5.20. The maximum absolute atomic E-state index is 12.8. The van der Waals surface area contributed by atoms with Gasteiger partial charge in [-0.1, -0.05) is 13.8 Å². The Morgan fingerprint density at radius 3 is 2.48 bits per heavy atom. The Balaban J connectivity index is 1.59. The van der Waals surface area contributed by atoms with E-state index in [2.05, 4.69) is 35.7 Å². The number of nitrogens with zero attached hydrogens (tertiary/aromatic N) is 4. The normalized spacial score (nSPS) is 20.9. The van der Waals surface area contributed by atoms with Gasteiger partial charge in [0.25, 0.3) is 5.91 Å². The molecule has 6 nitrogen and oxygen atoms in total. The van der Waals surface area contributed by atoms with E-state index < -0.39 is 0 Å². The highest BCUT2D eigenvalue weighted by Crippen LogP contribution is 2.27. The second-order valence-electron chi connectivity index (χ2n) is 8.52. The van der Waals surface area contributed by atoms with Gasteiger partial charge in [0.15, 0.2) is 0 Å². The lowest BCUT2D eigenvalue weighted by Crippen LogP contribution is -2.47. The van der Waals surface area contributed by atoms with Crippen LogP contribution in [0.15, 0.2) is 18.3 Å². The van der Waals surface area contributed by atoms with Crippen LogP contribution in [0.3, 0.4) is 0 Å². The van der Waals surface area contributed by atoms with Crippen molar-refractivity contribution in [3.8, 4) is 0 Å². The first-order valence-corrected chi connectivity index (χ1v) is 10.3. The van der Waals surface area contributed by atoms with E-state index in [0.29, 0.717) is 11.8 Å². The molecule has 2 fully saturated rings. The van der Waals surface area contributed by atoms with Gasteiger partial charge in [0.1, 0.15) is 5.82 Å². The van der Waals surface area contributed by atoms with Crippen molar-refractivity contribution in [2.45, 2.75) is 39.2 Å². The first-order chi connectivity index (χ1) is 12.9. The summed E-state index contributed by atoms with van der Waals surface area (Å²) in [4.78, 5) is 23.8. The minimum absolute atomic E-state index is 0.106. The average molecular weight is 375 g/mol. The summed E-state index contributed by atoms with van der Waals surface area (Å²) in [6, 6.07) is 3.76. The van der Waals surface area contributed by atoms with Crippen molar-refractivity contribution in [2.75, 3.05) is 51.2 Å². The second-order valence-corrected chi connectivity index (χ2v) is 8.52. The van der Waals surface area contributed by atoms with Gasteiger partial charge >= 0.3 is 0 Å². The minimum Gasteiger partial charge on any atom is -0.393 e. The van der Waals surface area contributed by atoms with E-state index in [1.807, 2.05) is 17.0 Å². The lowest BCUT2D eigenvalue weighted by Gasteiger charge is -2.35. The van der Waals surface area contributed by atoms with Gasteiger partial charge in [-0.25, -0.2) is 4.98 Å². The zero-order chi connectivity index (χ0) is 19.4. The molecule has 3 rings (SSSR count). The zero-order valence-electron chi connectivity index (χ0n) is 17.0. The maximum Gasteiger partial charge on any atom is 0.254 e. The number of pyridine rings is 1. The van der Waals surface area contributed by atoms with Crippen LogP contribution in [0.1, 0.15) is 43.5 Å². The lowest BCUT2D eigenvalue weighted by atomic mass is 9.87. The van der Waals surface area contributed by atoms with E-state index in [-0.39, 0.29) is 12.0 Å². The number of likely N-dealkylation sites (N-methyl/N-ethyl adjacent to an activating group) is 1. The van der Waals surface area contributed by atoms with Crippen molar-refractivity contribution in [3.63, 3.8) is 0 Å². The number of anilines is 1. The maximum atomic E-state index is 12.8. The molecule has 0 spiro atoms. The third-order valence-corrected chi connectivity index (χ3v) is 5.90. The first-order valence-electron chi connectivity index (χ1n) is 10.3. The number of aliphatic hydroxyl groups excluding tert-OH is 1. The van der Waals surface area contributed by atoms with Crippen LogP contribution in [-0.2, 0) is 0 Å². The summed E-state index contributed by atoms with van der Waals surface area (Å²) >= 11 is 0. The van der Waals surface area contributed by atoms with Crippen molar-refractivity contribution < 1.29 is 9.90 Å². The molecular weight excluding hydrogens is 340 g/mol. The summed E-state index contributed by atoms with van der Waals surface area (Å²) in [6.07, 6.45) is 4.37. The van der Waals surface area contributed by atoms with Gasteiger partial charge in [-0.3, -0.25) is 4.79 Å². The van der Waals surface area contributed by atoms with E-state index in [1.165, 1.54) is 0 Å². The number of amides is 1. The van der Waals surface area contributed by atoms with Crippen LogP contribution in [0, 0.1) is 11.8 Å². The molecule has 0 aliphatic carbocycles. The molecule has 0 saturated carbocycles. The molecule has 27 heavy (non-hydrogen) atoms. The van der Waals surface area contributed by atoms with Crippen molar-refractivity contribution in [1.29, 1.82) is 0 Å². The largest absolute Gasteiger partial charge is 0.393 e. The molecule has 2 saturated heterocycles. The predicted molar refractivity (Wildman–Crippen MR) is 108 cm³/mol. The summed E-state index contributed by atoms with van der Waals surface area (Å²) < 4.78 is 0. The van der Waals surface area contributed by atoms with Crippen LogP contribution in [0.5, 0.6) is 0 Å². The number of piperazine rings is 1. The molecule has 0 unspecified atom stereocenters. The molecule has 1 aromatic rings. The van der Waals surface area contributed by atoms with Crippen LogP contribution in [0.4, 0.5) is 5.82 Å². The topological polar surface area (TPSA) is 59.9 Å². The average Bonchev–Trinajstić information content (AvgIpc) is 2.68. The first kappa shape index (κ1) is 20.1. The van der Waals surface area contributed by atoms with E-state index in [0.717, 1.165) is 69.9 Å². The van der Waals surface area contributed by atoms with Crippen molar-refractivity contribution in [1.82, 2.24) is 14.8 Å². The second kappa shape index (κ2) is 9.02. The van der Waals surface area contributed by atoms with Gasteiger partial charge in [-0.15, -0.1) is 0 Å². The van der Waals surface area contributed by atoms with Crippen molar-refractivity contribution in [2.24, 2.45) is 11.8 Å². The Morgan fingerprint density at radius 1 is 1.19 bits per heavy atom. The standard InChI is InChI=1S/C21H34N4O2/c1-16(2)14-19(26)17-5-8-24(9-6-17)20-15-18(4-7-22-20)21(27)25-12-10-23(3)11-13-25/h4,7,15-17,19,26H,5-6,8-14H2,1-3H3/t19-/m1/s1. The number of aromatic nitrogens is 1. The smallest absolute Gasteiger partial charge is 0.254 e. The number of hydrogen-bond donors (Lipinski definition) is 1. The highest BCUT2D eigenvalue weighted by molar-refractivity contribution is 5.95. The molecule has 150 valence electrons. The number of carbonyl (C=O) groups is 1. The fourth-order valence-corrected chi connectivity index (χ4v) is 4.11. The van der Waals surface area contributed by atoms with Gasteiger partial charge < -0.3 is 19.8 Å². The molecular formula is C21H34N4O2. The van der Waals surface area contributed by atoms with Gasteiger partial charge in [0.2, 0.25) is 0 Å². The third-order valence-electron chi connectivity index (χ3n) is 5.90. The highest BCUT2D eigenvalue weighted by atomic mass is 16.3. The van der Waals surface area contributed by atoms with Crippen LogP contribution in [-0.4, -0.2) is 78.2 Å². The summed E-state index contributed by atoms with van der Waals surface area (Å²) in [5.74, 6) is 1.89. The SMILES string of the molecule is CC(C)C[C@@H](O)C1CCN(c2cc(C(=O)N3CCN(C)CC3)ccn2)CC1. The van der Waals surface area contributed by atoms with Crippen molar-refractivity contribution >= 4 is 11.7 Å². The number of aliphatic hydroxyl groups is 1. The van der Waals surface area contributed by atoms with Crippen molar-refractivity contribution in [3.05, 3.63) is 23.9 Å². The Labute approximate surface area is 163 Å². The van der Waals surface area contributed by atoms with Gasteiger partial charge in [0.05, 0.1) is 6.10 Å². The lowest BCUT2D eigenvalue weighted by molar-refractivity contribution is 0.0664. The van der Waals surface area contributed by atoms with E-state index >= 15 is 0 Å². The molecule has 0 radical (unpaired) electrons. The minimum atomic E-state index is -0.203. The molecule has 2 aliphatic rings. The predicted octanol–water partition coefficient (Wildman–Crippen LogP) is 2.09. The highest BCUT2D eigenvalue weighted by Gasteiger charge is 2.27. The summed E-state index contributed by atoms with van der Waals surface area (Å²) in [7, 11) is 2.09. The quantitative estimate of drug-likeness (QED) is 0.855. The number of carbonyl (C=O) groups excluding carboxylic acids is 1. The van der Waals surface area contributed by atoms with E-state index in [9.17, 15) is 9.90 Å². The molecule has 0 aromatic carbocycles. The summed E-state index contributed by atoms with van der Waals surface area (Å²) in [5.41, 5.74) is 0.728. The summed E-state index contributed by atoms with van der Waals surface area (Å²) in [5, 5.41) is 10.4. The number of piperidine rings is 1. The summed E-state index contributed by atoms with van der Waals surface area (Å²) in [6.45, 7) is 9.51. The molecule has 1 amide bonds. The van der Waals surface area contributed by atoms with Gasteiger partial charge in [0, 0.05) is 51.0 Å². The molecule has 0 bridgehead atoms. The molecule has 1 N–H and O–H groups in total. The fourth-order valence-electron chi connectivity index (χ4n) is 4.11. The van der Waals surface area contributed by atoms with Crippen LogP contribution < -0.4 is 4.90 Å². The molecule has 6 heteroatoms. The molecule has 3 heterocycles. The molecule has 2 aliphatic heterocycles. The Morgan fingerprint density at radius 2 is 1.85 bits per heavy atom. The molecule has 1 aromatic heterocycles. The number of hydrogen-bond acceptors (Lipinski definition) is 5. The van der Waals surface area contributed by atoms with E-state index in [1.54, 1.807) is 6.20 Å². The molecule has 1 atom stereocenters. The van der Waals surface area contributed by atoms with Gasteiger partial charge in [-0.05, 0) is 50.3 Å². The fraction of sp³-hybridized carbons (Fsp3) is 0.714. The monoisotopic (exact) mass is 374 g/mol. The van der Waals surface area contributed by atoms with Gasteiger partial charge in [-0.2, -0.15) is 0 Å². The van der Waals surface area contributed by atoms with Crippen LogP contribution >= 0.6 is 0 Å². The van der Waals surface area contributed by atoms with Crippen LogP contribution in [0.25, 0.3) is 0 Å². The van der Waals surface area contributed by atoms with E-state index in [4.69, 9.17) is 0 Å². The zero-order valence-corrected chi connectivity index (χ0v) is 17.0.